The summed E-state index contributed by atoms with van der Waals surface area (Å²) in [4.78, 5) is 0. The SMILES string of the molecule is Clc1ccc(Oc2cccc(C=CC[P+](c3ccccc3)(c3ccccc3)c3ccccc3)c2)cc1.[Cl-]. The number of allylic oxidation sites excluding steroid dienone is 1. The van der Waals surface area contributed by atoms with E-state index in [-0.39, 0.29) is 12.4 Å². The summed E-state index contributed by atoms with van der Waals surface area (Å²) in [6, 6.07) is 48.5. The normalized spacial score (nSPS) is 11.2. The van der Waals surface area contributed by atoms with E-state index in [0.29, 0.717) is 5.02 Å². The Morgan fingerprint density at radius 1 is 0.568 bits per heavy atom. The van der Waals surface area contributed by atoms with Crippen LogP contribution in [0.1, 0.15) is 5.56 Å². The van der Waals surface area contributed by atoms with Crippen molar-refractivity contribution in [3.8, 4) is 11.5 Å². The van der Waals surface area contributed by atoms with E-state index in [2.05, 4.69) is 115 Å². The number of benzene rings is 5. The van der Waals surface area contributed by atoms with Gasteiger partial charge >= 0.3 is 0 Å². The van der Waals surface area contributed by atoms with E-state index in [4.69, 9.17) is 16.3 Å². The van der Waals surface area contributed by atoms with Gasteiger partial charge in [-0.2, -0.15) is 0 Å². The maximum absolute atomic E-state index is 6.04. The van der Waals surface area contributed by atoms with E-state index in [1.54, 1.807) is 0 Å². The number of ether oxygens (including phenoxy) is 1. The molecule has 37 heavy (non-hydrogen) atoms. The molecule has 5 aromatic carbocycles. The first-order valence-electron chi connectivity index (χ1n) is 12.0. The van der Waals surface area contributed by atoms with Crippen molar-refractivity contribution in [3.05, 3.63) is 156 Å². The molecular formula is C33H27Cl2OP. The Hall–Kier alpha value is -3.35. The molecule has 4 heteroatoms. The van der Waals surface area contributed by atoms with Crippen LogP contribution in [0, 0.1) is 0 Å². The van der Waals surface area contributed by atoms with Crippen molar-refractivity contribution in [2.24, 2.45) is 0 Å². The molecule has 184 valence electrons. The second-order valence-corrected chi connectivity index (χ2v) is 12.5. The zero-order valence-corrected chi connectivity index (χ0v) is 22.7. The van der Waals surface area contributed by atoms with Gasteiger partial charge in [-0.25, -0.2) is 0 Å². The predicted octanol–water partition coefficient (Wildman–Crippen LogP) is 5.14. The van der Waals surface area contributed by atoms with Crippen LogP contribution in [0.2, 0.25) is 5.02 Å². The summed E-state index contributed by atoms with van der Waals surface area (Å²) in [5, 5.41) is 4.84. The fourth-order valence-corrected chi connectivity index (χ4v) is 8.60. The van der Waals surface area contributed by atoms with Gasteiger partial charge in [0, 0.05) is 5.02 Å². The molecule has 0 saturated carbocycles. The highest BCUT2D eigenvalue weighted by Gasteiger charge is 2.44. The molecule has 0 heterocycles. The van der Waals surface area contributed by atoms with Gasteiger partial charge in [-0.05, 0) is 84.4 Å². The molecule has 0 aromatic heterocycles. The third kappa shape index (κ3) is 6.32. The zero-order valence-electron chi connectivity index (χ0n) is 20.3. The summed E-state index contributed by atoms with van der Waals surface area (Å²) in [6.45, 7) is 0. The standard InChI is InChI=1S/C33H27ClOP.ClH/c34-28-21-23-29(24-22-28)35-30-14-10-12-27(26-30)13-11-25-36(31-15-4-1-5-16-31,32-17-6-2-7-18-32)33-19-8-3-9-20-33;/h1-24,26H,25H2;1H/q+1;/p-1. The van der Waals surface area contributed by atoms with Gasteiger partial charge in [-0.1, -0.05) is 84.4 Å². The molecule has 0 bridgehead atoms. The average molecular weight is 541 g/mol. The maximum atomic E-state index is 6.04. The van der Waals surface area contributed by atoms with Crippen molar-refractivity contribution in [1.29, 1.82) is 0 Å². The van der Waals surface area contributed by atoms with Gasteiger partial charge in [0.1, 0.15) is 34.7 Å². The largest absolute Gasteiger partial charge is 1.00 e. The van der Waals surface area contributed by atoms with Crippen LogP contribution in [-0.2, 0) is 0 Å². The van der Waals surface area contributed by atoms with Crippen molar-refractivity contribution in [2.75, 3.05) is 6.16 Å². The lowest BCUT2D eigenvalue weighted by Gasteiger charge is -2.26. The van der Waals surface area contributed by atoms with Gasteiger partial charge in [0.25, 0.3) is 0 Å². The summed E-state index contributed by atoms with van der Waals surface area (Å²) in [7, 11) is -1.89. The fraction of sp³-hybridized carbons (Fsp3) is 0.0303. The van der Waals surface area contributed by atoms with Crippen LogP contribution in [0.25, 0.3) is 6.08 Å². The molecule has 0 amide bonds. The minimum absolute atomic E-state index is 0. The first kappa shape index (κ1) is 26.7. The Labute approximate surface area is 231 Å². The number of hydrogen-bond donors (Lipinski definition) is 0. The number of rotatable bonds is 8. The molecule has 0 aliphatic carbocycles. The van der Waals surface area contributed by atoms with E-state index < -0.39 is 7.26 Å². The highest BCUT2D eigenvalue weighted by Crippen LogP contribution is 2.55. The van der Waals surface area contributed by atoms with Crippen LogP contribution < -0.4 is 33.1 Å². The molecule has 0 unspecified atom stereocenters. The number of hydrogen-bond acceptors (Lipinski definition) is 1. The van der Waals surface area contributed by atoms with E-state index in [9.17, 15) is 0 Å². The Balaban J connectivity index is 0.00000320. The van der Waals surface area contributed by atoms with Crippen LogP contribution in [0.15, 0.2) is 146 Å². The molecular weight excluding hydrogens is 514 g/mol. The van der Waals surface area contributed by atoms with Crippen LogP contribution in [0.3, 0.4) is 0 Å². The topological polar surface area (TPSA) is 9.23 Å². The second-order valence-electron chi connectivity index (χ2n) is 8.53. The second kappa shape index (κ2) is 12.7. The van der Waals surface area contributed by atoms with E-state index in [0.717, 1.165) is 23.2 Å². The fourth-order valence-electron chi connectivity index (χ4n) is 4.48. The van der Waals surface area contributed by atoms with Crippen LogP contribution >= 0.6 is 18.9 Å². The van der Waals surface area contributed by atoms with Crippen molar-refractivity contribution >= 4 is 40.9 Å². The molecule has 0 aliphatic rings. The zero-order chi connectivity index (χ0) is 24.6. The van der Waals surface area contributed by atoms with Gasteiger partial charge in [-0.15, -0.1) is 0 Å². The Kier molecular flexibility index (Phi) is 9.20. The average Bonchev–Trinajstić information content (AvgIpc) is 2.94. The van der Waals surface area contributed by atoms with Crippen molar-refractivity contribution in [2.45, 2.75) is 0 Å². The van der Waals surface area contributed by atoms with Gasteiger partial charge in [0.2, 0.25) is 0 Å². The van der Waals surface area contributed by atoms with Crippen molar-refractivity contribution < 1.29 is 17.1 Å². The van der Waals surface area contributed by atoms with E-state index in [1.807, 2.05) is 36.4 Å². The smallest absolute Gasteiger partial charge is 0.128 e. The summed E-state index contributed by atoms with van der Waals surface area (Å²) >= 11 is 6.00. The maximum Gasteiger partial charge on any atom is 0.128 e. The third-order valence-corrected chi connectivity index (χ3v) is 10.7. The Morgan fingerprint density at radius 2 is 1.08 bits per heavy atom. The minimum atomic E-state index is -1.89. The lowest BCUT2D eigenvalue weighted by Crippen LogP contribution is -3.00. The van der Waals surface area contributed by atoms with Crippen molar-refractivity contribution in [3.63, 3.8) is 0 Å². The lowest BCUT2D eigenvalue weighted by molar-refractivity contribution is -0.00000732. The first-order chi connectivity index (χ1) is 17.7. The molecule has 5 rings (SSSR count). The van der Waals surface area contributed by atoms with E-state index >= 15 is 0 Å². The first-order valence-corrected chi connectivity index (χ1v) is 14.3. The van der Waals surface area contributed by atoms with E-state index in [1.165, 1.54) is 15.9 Å². The summed E-state index contributed by atoms with van der Waals surface area (Å²) in [5.41, 5.74) is 1.11. The summed E-state index contributed by atoms with van der Waals surface area (Å²) < 4.78 is 6.04. The summed E-state index contributed by atoms with van der Waals surface area (Å²) in [6.07, 6.45) is 5.45. The molecule has 0 atom stereocenters. The van der Waals surface area contributed by atoms with Crippen LogP contribution in [-0.4, -0.2) is 6.16 Å². The minimum Gasteiger partial charge on any atom is -1.00 e. The van der Waals surface area contributed by atoms with Gasteiger partial charge in [-0.3, -0.25) is 0 Å². The predicted molar refractivity (Wildman–Crippen MR) is 157 cm³/mol. The molecule has 0 N–H and O–H groups in total. The monoisotopic (exact) mass is 540 g/mol. The quantitative estimate of drug-likeness (QED) is 0.247. The molecule has 0 radical (unpaired) electrons. The summed E-state index contributed by atoms with van der Waals surface area (Å²) in [5.74, 6) is 1.57. The Morgan fingerprint density at radius 3 is 1.59 bits per heavy atom. The molecule has 5 aromatic rings. The van der Waals surface area contributed by atoms with Crippen LogP contribution in [0.4, 0.5) is 0 Å². The molecule has 0 fully saturated rings. The van der Waals surface area contributed by atoms with Gasteiger partial charge < -0.3 is 17.1 Å². The lowest BCUT2D eigenvalue weighted by atomic mass is 10.2. The van der Waals surface area contributed by atoms with Gasteiger partial charge in [0.05, 0.1) is 6.16 Å². The third-order valence-electron chi connectivity index (χ3n) is 6.19. The highest BCUT2D eigenvalue weighted by molar-refractivity contribution is 7.95. The molecule has 0 aliphatic heterocycles. The highest BCUT2D eigenvalue weighted by atomic mass is 35.5. The van der Waals surface area contributed by atoms with Crippen LogP contribution in [0.5, 0.6) is 11.5 Å². The van der Waals surface area contributed by atoms with Gasteiger partial charge in [0.15, 0.2) is 0 Å². The Bertz CT molecular complexity index is 1320. The van der Waals surface area contributed by atoms with Crippen molar-refractivity contribution in [1.82, 2.24) is 0 Å². The molecule has 0 saturated heterocycles. The number of halogens is 2. The molecule has 0 spiro atoms. The molecule has 1 nitrogen and oxygen atoms in total.